The highest BCUT2D eigenvalue weighted by Crippen LogP contribution is 2.56. The molecule has 6 nitrogen and oxygen atoms in total. The monoisotopic (exact) mass is 351 g/mol. The summed E-state index contributed by atoms with van der Waals surface area (Å²) in [5, 5.41) is 3.08. The second-order valence-electron chi connectivity index (χ2n) is 8.55. The summed E-state index contributed by atoms with van der Waals surface area (Å²) in [6, 6.07) is 0. The number of fused-ring (bicyclic) bond motifs is 1. The lowest BCUT2D eigenvalue weighted by Gasteiger charge is -2.46. The van der Waals surface area contributed by atoms with Crippen LogP contribution in [-0.4, -0.2) is 74.6 Å². The van der Waals surface area contributed by atoms with Crippen LogP contribution in [0.4, 0.5) is 0 Å². The third kappa shape index (κ3) is 3.31. The minimum absolute atomic E-state index is 0.00986. The van der Waals surface area contributed by atoms with Crippen molar-refractivity contribution in [1.82, 2.24) is 15.1 Å². The fourth-order valence-corrected chi connectivity index (χ4v) is 5.19. The molecule has 25 heavy (non-hydrogen) atoms. The van der Waals surface area contributed by atoms with Crippen molar-refractivity contribution < 1.29 is 14.3 Å². The Morgan fingerprint density at radius 1 is 1.24 bits per heavy atom. The van der Waals surface area contributed by atoms with E-state index in [1.807, 2.05) is 4.90 Å². The molecular weight excluding hydrogens is 318 g/mol. The van der Waals surface area contributed by atoms with Gasteiger partial charge in [0.05, 0.1) is 12.0 Å². The van der Waals surface area contributed by atoms with Crippen LogP contribution < -0.4 is 5.32 Å². The van der Waals surface area contributed by atoms with Crippen LogP contribution in [0.15, 0.2) is 0 Å². The van der Waals surface area contributed by atoms with Crippen molar-refractivity contribution >= 4 is 11.8 Å². The SMILES string of the molecule is COCCN1CC2(CCN(C(=O)CC(C)C)CC2)C2(CCNC2=O)C1. The van der Waals surface area contributed by atoms with Crippen molar-refractivity contribution in [2.75, 3.05) is 53.0 Å². The molecule has 3 saturated heterocycles. The van der Waals surface area contributed by atoms with Gasteiger partial charge < -0.3 is 15.0 Å². The van der Waals surface area contributed by atoms with Gasteiger partial charge in [-0.2, -0.15) is 0 Å². The van der Waals surface area contributed by atoms with E-state index in [1.54, 1.807) is 7.11 Å². The number of nitrogens with zero attached hydrogens (tertiary/aromatic N) is 2. The van der Waals surface area contributed by atoms with Crippen molar-refractivity contribution in [1.29, 1.82) is 0 Å². The highest BCUT2D eigenvalue weighted by molar-refractivity contribution is 5.86. The highest BCUT2D eigenvalue weighted by atomic mass is 16.5. The molecule has 0 radical (unpaired) electrons. The third-order valence-corrected chi connectivity index (χ3v) is 6.57. The van der Waals surface area contributed by atoms with E-state index in [4.69, 9.17) is 4.74 Å². The maximum Gasteiger partial charge on any atom is 0.228 e. The summed E-state index contributed by atoms with van der Waals surface area (Å²) in [6.45, 7) is 9.91. The first kappa shape index (κ1) is 18.6. The molecule has 2 spiro atoms. The Morgan fingerprint density at radius 2 is 1.96 bits per heavy atom. The number of piperidine rings is 1. The predicted octanol–water partition coefficient (Wildman–Crippen LogP) is 1.11. The Kier molecular flexibility index (Phi) is 5.40. The lowest BCUT2D eigenvalue weighted by atomic mass is 9.60. The molecule has 0 saturated carbocycles. The van der Waals surface area contributed by atoms with Gasteiger partial charge in [-0.25, -0.2) is 0 Å². The molecule has 1 unspecified atom stereocenters. The summed E-state index contributed by atoms with van der Waals surface area (Å²) in [7, 11) is 1.72. The molecular formula is C19H33N3O3. The molecule has 0 aromatic carbocycles. The number of likely N-dealkylation sites (tertiary alicyclic amines) is 2. The van der Waals surface area contributed by atoms with Crippen molar-refractivity contribution in [3.8, 4) is 0 Å². The topological polar surface area (TPSA) is 61.9 Å². The first-order chi connectivity index (χ1) is 11.9. The van der Waals surface area contributed by atoms with E-state index in [2.05, 4.69) is 24.1 Å². The van der Waals surface area contributed by atoms with Gasteiger partial charge in [0, 0.05) is 58.2 Å². The number of methoxy groups -OCH3 is 1. The number of rotatable bonds is 5. The van der Waals surface area contributed by atoms with Crippen LogP contribution in [0.5, 0.6) is 0 Å². The second kappa shape index (κ2) is 7.23. The van der Waals surface area contributed by atoms with E-state index in [-0.39, 0.29) is 22.6 Å². The van der Waals surface area contributed by atoms with Crippen LogP contribution in [0, 0.1) is 16.7 Å². The minimum Gasteiger partial charge on any atom is -0.383 e. The lowest BCUT2D eigenvalue weighted by Crippen LogP contribution is -2.53. The van der Waals surface area contributed by atoms with Crippen LogP contribution >= 0.6 is 0 Å². The van der Waals surface area contributed by atoms with Crippen molar-refractivity contribution in [3.63, 3.8) is 0 Å². The van der Waals surface area contributed by atoms with E-state index in [9.17, 15) is 9.59 Å². The Labute approximate surface area is 151 Å². The first-order valence-corrected chi connectivity index (χ1v) is 9.70. The van der Waals surface area contributed by atoms with E-state index in [0.717, 1.165) is 58.5 Å². The minimum atomic E-state index is -0.270. The van der Waals surface area contributed by atoms with Crippen molar-refractivity contribution in [2.45, 2.75) is 39.5 Å². The van der Waals surface area contributed by atoms with E-state index in [1.165, 1.54) is 0 Å². The summed E-state index contributed by atoms with van der Waals surface area (Å²) in [6.07, 6.45) is 3.43. The van der Waals surface area contributed by atoms with Gasteiger partial charge in [0.1, 0.15) is 0 Å². The average Bonchev–Trinajstić information content (AvgIpc) is 3.08. The van der Waals surface area contributed by atoms with Crippen molar-refractivity contribution in [2.24, 2.45) is 16.7 Å². The molecule has 3 heterocycles. The maximum absolute atomic E-state index is 12.8. The van der Waals surface area contributed by atoms with E-state index in [0.29, 0.717) is 18.9 Å². The van der Waals surface area contributed by atoms with Crippen LogP contribution in [0.2, 0.25) is 0 Å². The number of carbonyl (C=O) groups excluding carboxylic acids is 2. The van der Waals surface area contributed by atoms with Gasteiger partial charge in [0.15, 0.2) is 0 Å². The third-order valence-electron chi connectivity index (χ3n) is 6.57. The summed E-state index contributed by atoms with van der Waals surface area (Å²) in [5.41, 5.74) is -0.260. The van der Waals surface area contributed by atoms with Crippen LogP contribution in [0.25, 0.3) is 0 Å². The lowest BCUT2D eigenvalue weighted by molar-refractivity contribution is -0.139. The number of amides is 2. The molecule has 142 valence electrons. The van der Waals surface area contributed by atoms with Gasteiger partial charge in [-0.3, -0.25) is 14.5 Å². The van der Waals surface area contributed by atoms with Gasteiger partial charge >= 0.3 is 0 Å². The van der Waals surface area contributed by atoms with E-state index < -0.39 is 0 Å². The first-order valence-electron chi connectivity index (χ1n) is 9.70. The number of carbonyl (C=O) groups is 2. The number of ether oxygens (including phenoxy) is 1. The zero-order valence-electron chi connectivity index (χ0n) is 16.0. The molecule has 1 atom stereocenters. The average molecular weight is 351 g/mol. The quantitative estimate of drug-likeness (QED) is 0.806. The molecule has 6 heteroatoms. The molecule has 3 fully saturated rings. The predicted molar refractivity (Wildman–Crippen MR) is 96.1 cm³/mol. The fourth-order valence-electron chi connectivity index (χ4n) is 5.19. The van der Waals surface area contributed by atoms with Crippen molar-refractivity contribution in [3.05, 3.63) is 0 Å². The largest absolute Gasteiger partial charge is 0.383 e. The van der Waals surface area contributed by atoms with Gasteiger partial charge in [0.25, 0.3) is 0 Å². The van der Waals surface area contributed by atoms with Gasteiger partial charge in [-0.05, 0) is 25.2 Å². The normalized spacial score (nSPS) is 29.1. The van der Waals surface area contributed by atoms with Crippen LogP contribution in [0.1, 0.15) is 39.5 Å². The smallest absolute Gasteiger partial charge is 0.228 e. The zero-order valence-corrected chi connectivity index (χ0v) is 16.0. The summed E-state index contributed by atoms with van der Waals surface area (Å²) in [4.78, 5) is 29.6. The van der Waals surface area contributed by atoms with Crippen LogP contribution in [0.3, 0.4) is 0 Å². The second-order valence-corrected chi connectivity index (χ2v) is 8.55. The molecule has 0 aromatic rings. The molecule has 0 bridgehead atoms. The van der Waals surface area contributed by atoms with E-state index >= 15 is 0 Å². The maximum atomic E-state index is 12.8. The van der Waals surface area contributed by atoms with Gasteiger partial charge in [-0.15, -0.1) is 0 Å². The molecule has 0 aliphatic carbocycles. The Bertz CT molecular complexity index is 514. The summed E-state index contributed by atoms with van der Waals surface area (Å²) >= 11 is 0. The highest BCUT2D eigenvalue weighted by Gasteiger charge is 2.63. The Hall–Kier alpha value is -1.14. The van der Waals surface area contributed by atoms with Gasteiger partial charge in [-0.1, -0.05) is 13.8 Å². The molecule has 3 rings (SSSR count). The Balaban J connectivity index is 1.73. The zero-order chi connectivity index (χ0) is 18.1. The fraction of sp³-hybridized carbons (Fsp3) is 0.895. The molecule has 3 aliphatic rings. The molecule has 2 amide bonds. The summed E-state index contributed by atoms with van der Waals surface area (Å²) in [5.74, 6) is 0.893. The molecule has 1 N–H and O–H groups in total. The number of hydrogen-bond acceptors (Lipinski definition) is 4. The number of nitrogens with one attached hydrogen (secondary N) is 1. The summed E-state index contributed by atoms with van der Waals surface area (Å²) < 4.78 is 5.25. The van der Waals surface area contributed by atoms with Gasteiger partial charge in [0.2, 0.25) is 11.8 Å². The van der Waals surface area contributed by atoms with Crippen LogP contribution in [-0.2, 0) is 14.3 Å². The standard InChI is InChI=1S/C19H33N3O3/c1-15(2)12-16(23)22-8-5-18(6-9-22)13-21(10-11-25-3)14-19(18)4-7-20-17(19)24/h15H,4-14H2,1-3H3,(H,20,24). The number of hydrogen-bond donors (Lipinski definition) is 1. The molecule has 3 aliphatic heterocycles. The Morgan fingerprint density at radius 3 is 2.52 bits per heavy atom. The molecule has 0 aromatic heterocycles.